The third-order valence-corrected chi connectivity index (χ3v) is 11.1. The predicted octanol–water partition coefficient (Wildman–Crippen LogP) is 4.30. The summed E-state index contributed by atoms with van der Waals surface area (Å²) in [6.45, 7) is 5.32. The highest BCUT2D eigenvalue weighted by Gasteiger charge is 2.40. The van der Waals surface area contributed by atoms with Crippen LogP contribution in [-0.2, 0) is 14.8 Å². The van der Waals surface area contributed by atoms with Crippen LogP contribution in [0.5, 0.6) is 5.75 Å². The maximum atomic E-state index is 13.5. The third-order valence-electron chi connectivity index (χ3n) is 6.37. The highest BCUT2D eigenvalue weighted by Crippen LogP contribution is 2.34. The van der Waals surface area contributed by atoms with E-state index in [-0.39, 0.29) is 10.1 Å². The molecule has 0 bridgehead atoms. The number of ether oxygens (including phenoxy) is 1. The molecule has 0 saturated carbocycles. The second-order valence-corrected chi connectivity index (χ2v) is 13.4. The van der Waals surface area contributed by atoms with Crippen LogP contribution in [0.2, 0.25) is 4.34 Å². The third kappa shape index (κ3) is 5.01. The normalized spacial score (nSPS) is 19.9. The van der Waals surface area contributed by atoms with Crippen molar-refractivity contribution < 1.29 is 17.9 Å². The quantitative estimate of drug-likeness (QED) is 0.452. The SMILES string of the molecule is CCOc1ccc2nc(N3CCN(C(=O)C4CCCCN4S(=O)(=O)c4ccc(Cl)s4)CC3)sc2c1. The summed E-state index contributed by atoms with van der Waals surface area (Å²) in [6, 6.07) is 8.35. The van der Waals surface area contributed by atoms with Crippen LogP contribution in [-0.4, -0.2) is 73.9 Å². The number of piperazine rings is 1. The van der Waals surface area contributed by atoms with Crippen LogP contribution in [0.1, 0.15) is 26.2 Å². The number of hydrogen-bond donors (Lipinski definition) is 0. The Morgan fingerprint density at radius 2 is 1.91 bits per heavy atom. The van der Waals surface area contributed by atoms with Crippen molar-refractivity contribution in [2.75, 3.05) is 44.2 Å². The average Bonchev–Trinajstić information content (AvgIpc) is 3.50. The second kappa shape index (κ2) is 10.2. The number of carbonyl (C=O) groups excluding carboxylic acids is 1. The number of carbonyl (C=O) groups is 1. The number of piperidine rings is 1. The molecule has 0 spiro atoms. The van der Waals surface area contributed by atoms with Crippen LogP contribution in [0.3, 0.4) is 0 Å². The zero-order valence-electron chi connectivity index (χ0n) is 19.4. The Morgan fingerprint density at radius 1 is 1.11 bits per heavy atom. The number of thiophene rings is 1. The van der Waals surface area contributed by atoms with E-state index < -0.39 is 16.1 Å². The fourth-order valence-electron chi connectivity index (χ4n) is 4.60. The lowest BCUT2D eigenvalue weighted by Gasteiger charge is -2.40. The summed E-state index contributed by atoms with van der Waals surface area (Å²) in [6.07, 6.45) is 2.12. The topological polar surface area (TPSA) is 83.1 Å². The van der Waals surface area contributed by atoms with Crippen molar-refractivity contribution in [1.29, 1.82) is 0 Å². The van der Waals surface area contributed by atoms with Gasteiger partial charge in [0.15, 0.2) is 5.13 Å². The van der Waals surface area contributed by atoms with E-state index in [9.17, 15) is 13.2 Å². The first-order valence-corrected chi connectivity index (χ1v) is 15.2. The van der Waals surface area contributed by atoms with E-state index in [4.69, 9.17) is 21.3 Å². The molecule has 1 aromatic carbocycles. The lowest BCUT2D eigenvalue weighted by molar-refractivity contribution is -0.136. The van der Waals surface area contributed by atoms with Crippen LogP contribution in [0, 0.1) is 0 Å². The summed E-state index contributed by atoms with van der Waals surface area (Å²) in [5.74, 6) is 0.726. The molecule has 8 nitrogen and oxygen atoms in total. The molecular weight excluding hydrogens is 528 g/mol. The number of sulfonamides is 1. The largest absolute Gasteiger partial charge is 0.494 e. The molecule has 2 aliphatic rings. The van der Waals surface area contributed by atoms with Gasteiger partial charge >= 0.3 is 0 Å². The maximum Gasteiger partial charge on any atom is 0.253 e. The first-order valence-electron chi connectivity index (χ1n) is 11.7. The molecule has 35 heavy (non-hydrogen) atoms. The summed E-state index contributed by atoms with van der Waals surface area (Å²) in [5.41, 5.74) is 0.934. The summed E-state index contributed by atoms with van der Waals surface area (Å²) in [7, 11) is -3.76. The summed E-state index contributed by atoms with van der Waals surface area (Å²) in [5, 5.41) is 0.928. The number of amides is 1. The molecule has 3 aromatic rings. The van der Waals surface area contributed by atoms with Crippen molar-refractivity contribution in [3.63, 3.8) is 0 Å². The molecule has 1 amide bonds. The molecule has 12 heteroatoms. The van der Waals surface area contributed by atoms with Crippen LogP contribution >= 0.6 is 34.3 Å². The van der Waals surface area contributed by atoms with Gasteiger partial charge in [-0.1, -0.05) is 29.4 Å². The highest BCUT2D eigenvalue weighted by molar-refractivity contribution is 7.91. The van der Waals surface area contributed by atoms with Gasteiger partial charge in [0.2, 0.25) is 5.91 Å². The number of hydrogen-bond acceptors (Lipinski definition) is 8. The fourth-order valence-corrected chi connectivity index (χ4v) is 8.91. The molecular formula is C23H27ClN4O4S3. The van der Waals surface area contributed by atoms with Crippen molar-refractivity contribution in [3.8, 4) is 5.75 Å². The molecule has 0 N–H and O–H groups in total. The number of anilines is 1. The lowest BCUT2D eigenvalue weighted by Crippen LogP contribution is -2.57. The van der Waals surface area contributed by atoms with Crippen molar-refractivity contribution >= 4 is 65.6 Å². The van der Waals surface area contributed by atoms with Gasteiger partial charge in [-0.15, -0.1) is 11.3 Å². The zero-order chi connectivity index (χ0) is 24.6. The summed E-state index contributed by atoms with van der Waals surface area (Å²) >= 11 is 8.63. The molecule has 0 aliphatic carbocycles. The molecule has 1 atom stereocenters. The number of aromatic nitrogens is 1. The lowest BCUT2D eigenvalue weighted by atomic mass is 10.0. The van der Waals surface area contributed by atoms with Gasteiger partial charge in [0, 0.05) is 32.7 Å². The van der Waals surface area contributed by atoms with Gasteiger partial charge in [-0.2, -0.15) is 4.31 Å². The van der Waals surface area contributed by atoms with Crippen LogP contribution < -0.4 is 9.64 Å². The van der Waals surface area contributed by atoms with Crippen molar-refractivity contribution in [2.24, 2.45) is 0 Å². The Bertz CT molecular complexity index is 1320. The number of benzene rings is 1. The number of fused-ring (bicyclic) bond motifs is 1. The number of thiazole rings is 1. The minimum absolute atomic E-state index is 0.110. The zero-order valence-corrected chi connectivity index (χ0v) is 22.6. The Morgan fingerprint density at radius 3 is 2.63 bits per heavy atom. The summed E-state index contributed by atoms with van der Waals surface area (Å²) < 4.78 is 35.2. The molecule has 2 saturated heterocycles. The van der Waals surface area contributed by atoms with Gasteiger partial charge < -0.3 is 14.5 Å². The molecule has 188 valence electrons. The Kier molecular flexibility index (Phi) is 7.23. The van der Waals surface area contributed by atoms with E-state index in [1.165, 1.54) is 10.4 Å². The molecule has 2 aliphatic heterocycles. The average molecular weight is 555 g/mol. The monoisotopic (exact) mass is 554 g/mol. The van der Waals surface area contributed by atoms with E-state index in [2.05, 4.69) is 4.90 Å². The number of nitrogens with zero attached hydrogens (tertiary/aromatic N) is 4. The number of rotatable bonds is 6. The first-order chi connectivity index (χ1) is 16.9. The fraction of sp³-hybridized carbons (Fsp3) is 0.478. The second-order valence-electron chi connectivity index (χ2n) is 8.56. The van der Waals surface area contributed by atoms with E-state index in [1.807, 2.05) is 25.1 Å². The van der Waals surface area contributed by atoms with E-state index in [0.717, 1.165) is 45.3 Å². The van der Waals surface area contributed by atoms with Crippen LogP contribution in [0.15, 0.2) is 34.5 Å². The van der Waals surface area contributed by atoms with Crippen molar-refractivity contribution in [2.45, 2.75) is 36.4 Å². The van der Waals surface area contributed by atoms with Gasteiger partial charge in [0.05, 0.1) is 21.2 Å². The Hall–Kier alpha value is -1.92. The Labute approximate surface area is 218 Å². The van der Waals surface area contributed by atoms with Crippen LogP contribution in [0.25, 0.3) is 10.2 Å². The molecule has 5 rings (SSSR count). The highest BCUT2D eigenvalue weighted by atomic mass is 35.5. The van der Waals surface area contributed by atoms with Crippen molar-refractivity contribution in [1.82, 2.24) is 14.2 Å². The predicted molar refractivity (Wildman–Crippen MR) is 140 cm³/mol. The molecule has 2 fully saturated rings. The van der Waals surface area contributed by atoms with Gasteiger partial charge in [0.25, 0.3) is 10.0 Å². The Balaban J connectivity index is 1.27. The molecule has 1 unspecified atom stereocenters. The van der Waals surface area contributed by atoms with E-state index in [1.54, 1.807) is 22.3 Å². The first kappa shape index (κ1) is 24.8. The standard InChI is InChI=1S/C23H27ClN4O4S3/c1-2-32-16-6-7-17-19(15-16)33-23(25-17)27-13-11-26(12-14-27)22(29)18-5-3-4-10-28(18)35(30,31)21-9-8-20(24)34-21/h6-9,15,18H,2-5,10-14H2,1H3. The van der Waals surface area contributed by atoms with Gasteiger partial charge in [-0.05, 0) is 50.1 Å². The number of halogens is 1. The minimum atomic E-state index is -3.76. The summed E-state index contributed by atoms with van der Waals surface area (Å²) in [4.78, 5) is 22.2. The van der Waals surface area contributed by atoms with Gasteiger partial charge in [-0.25, -0.2) is 13.4 Å². The minimum Gasteiger partial charge on any atom is -0.494 e. The maximum absolute atomic E-state index is 13.5. The molecule has 2 aromatic heterocycles. The van der Waals surface area contributed by atoms with Crippen molar-refractivity contribution in [3.05, 3.63) is 34.7 Å². The van der Waals surface area contributed by atoms with Gasteiger partial charge in [-0.3, -0.25) is 4.79 Å². The van der Waals surface area contributed by atoms with Gasteiger partial charge in [0.1, 0.15) is 16.0 Å². The van der Waals surface area contributed by atoms with E-state index in [0.29, 0.717) is 50.1 Å². The van der Waals surface area contributed by atoms with E-state index >= 15 is 0 Å². The molecule has 0 radical (unpaired) electrons. The smallest absolute Gasteiger partial charge is 0.253 e. The molecule has 4 heterocycles. The van der Waals surface area contributed by atoms with Crippen LogP contribution in [0.4, 0.5) is 5.13 Å².